The van der Waals surface area contributed by atoms with E-state index in [1.54, 1.807) is 13.8 Å². The van der Waals surface area contributed by atoms with Gasteiger partial charge in [0, 0.05) is 0 Å². The Morgan fingerprint density at radius 3 is 2.31 bits per heavy atom. The number of carbonyl (C=O) groups is 5. The third-order valence-corrected chi connectivity index (χ3v) is 5.06. The second-order valence-electron chi connectivity index (χ2n) is 8.11. The van der Waals surface area contributed by atoms with Crippen LogP contribution in [0.1, 0.15) is 46.0 Å². The molecule has 0 saturated carbocycles. The van der Waals surface area contributed by atoms with E-state index < -0.39 is 42.3 Å². The fraction of sp³-hybridized carbons (Fsp3) is 0.750. The van der Waals surface area contributed by atoms with Crippen molar-refractivity contribution < 1.29 is 29.1 Å². The highest BCUT2D eigenvalue weighted by Gasteiger charge is 2.29. The summed E-state index contributed by atoms with van der Waals surface area (Å²) in [6, 6.07) is -2.21. The first kappa shape index (κ1) is 27.3. The molecule has 1 saturated heterocycles. The average Bonchev–Trinajstić information content (AvgIpc) is 3.28. The van der Waals surface area contributed by atoms with Crippen molar-refractivity contribution in [3.63, 3.8) is 0 Å². The first-order chi connectivity index (χ1) is 15.1. The van der Waals surface area contributed by atoms with E-state index in [1.165, 1.54) is 0 Å². The number of carboxylic acids is 1. The molecule has 0 aromatic carbocycles. The van der Waals surface area contributed by atoms with Gasteiger partial charge in [0.25, 0.3) is 0 Å². The van der Waals surface area contributed by atoms with Gasteiger partial charge in [0.05, 0.1) is 12.6 Å². The van der Waals surface area contributed by atoms with Crippen molar-refractivity contribution >= 4 is 29.6 Å². The second-order valence-corrected chi connectivity index (χ2v) is 8.11. The molecule has 0 spiro atoms. The van der Waals surface area contributed by atoms with Gasteiger partial charge in [0.2, 0.25) is 23.6 Å². The fourth-order valence-corrected chi connectivity index (χ4v) is 3.27. The number of nitrogens with two attached hydrogens (primary N) is 1. The van der Waals surface area contributed by atoms with Gasteiger partial charge in [-0.2, -0.15) is 0 Å². The first-order valence-electron chi connectivity index (χ1n) is 11.0. The van der Waals surface area contributed by atoms with Gasteiger partial charge in [-0.3, -0.25) is 24.0 Å². The summed E-state index contributed by atoms with van der Waals surface area (Å²) in [6.07, 6.45) is 3.07. The summed E-state index contributed by atoms with van der Waals surface area (Å²) < 4.78 is 0. The molecule has 1 aliphatic heterocycles. The Morgan fingerprint density at radius 1 is 1.03 bits per heavy atom. The Morgan fingerprint density at radius 2 is 1.75 bits per heavy atom. The SMILES string of the molecule is CC(C)C(NC(=O)CNC(=O)C1CCCN1)C(=O)NC(CCCCN)C(=O)NCC(=O)O. The molecule has 4 amide bonds. The van der Waals surface area contributed by atoms with Crippen molar-refractivity contribution in [2.75, 3.05) is 26.2 Å². The topological polar surface area (TPSA) is 192 Å². The van der Waals surface area contributed by atoms with Crippen LogP contribution in [0.4, 0.5) is 0 Å². The van der Waals surface area contributed by atoms with Crippen LogP contribution in [-0.4, -0.2) is 79.0 Å². The summed E-state index contributed by atoms with van der Waals surface area (Å²) in [5.74, 6) is -3.48. The number of rotatable bonds is 14. The molecule has 182 valence electrons. The van der Waals surface area contributed by atoms with E-state index in [9.17, 15) is 24.0 Å². The molecule has 0 aromatic rings. The minimum atomic E-state index is -1.20. The predicted molar refractivity (Wildman–Crippen MR) is 116 cm³/mol. The Bertz CT molecular complexity index is 665. The van der Waals surface area contributed by atoms with Crippen molar-refractivity contribution in [2.24, 2.45) is 11.7 Å². The van der Waals surface area contributed by atoms with Crippen LogP contribution in [0.15, 0.2) is 0 Å². The first-order valence-corrected chi connectivity index (χ1v) is 11.0. The lowest BCUT2D eigenvalue weighted by Crippen LogP contribution is -2.57. The molecule has 8 N–H and O–H groups in total. The molecular formula is C20H36N6O6. The summed E-state index contributed by atoms with van der Waals surface area (Å²) in [4.78, 5) is 60.2. The Hall–Kier alpha value is -2.73. The summed E-state index contributed by atoms with van der Waals surface area (Å²) in [6.45, 7) is 3.81. The van der Waals surface area contributed by atoms with E-state index in [0.29, 0.717) is 25.8 Å². The number of hydrogen-bond donors (Lipinski definition) is 7. The third-order valence-electron chi connectivity index (χ3n) is 5.06. The van der Waals surface area contributed by atoms with Crippen molar-refractivity contribution in [1.29, 1.82) is 0 Å². The summed E-state index contributed by atoms with van der Waals surface area (Å²) in [5.41, 5.74) is 5.48. The molecule has 0 bridgehead atoms. The standard InChI is InChI=1S/C20H36N6O6/c1-12(2)17(26-15(27)10-23-18(30)13-7-5-9-22-13)20(32)25-14(6-3-4-8-21)19(31)24-11-16(28)29/h12-14,17,22H,3-11,21H2,1-2H3,(H,23,30)(H,24,31)(H,25,32)(H,26,27)(H,28,29). The lowest BCUT2D eigenvalue weighted by atomic mass is 10.0. The molecule has 3 unspecified atom stereocenters. The Kier molecular flexibility index (Phi) is 12.2. The van der Waals surface area contributed by atoms with Gasteiger partial charge in [-0.05, 0) is 51.1 Å². The average molecular weight is 457 g/mol. The normalized spacial score (nSPS) is 17.3. The molecule has 1 heterocycles. The monoisotopic (exact) mass is 456 g/mol. The minimum absolute atomic E-state index is 0.265. The van der Waals surface area contributed by atoms with Gasteiger partial charge in [0.1, 0.15) is 18.6 Å². The second kappa shape index (κ2) is 14.4. The molecule has 1 fully saturated rings. The zero-order chi connectivity index (χ0) is 24.1. The summed E-state index contributed by atoms with van der Waals surface area (Å²) >= 11 is 0. The summed E-state index contributed by atoms with van der Waals surface area (Å²) in [5, 5.41) is 21.8. The maximum absolute atomic E-state index is 12.8. The minimum Gasteiger partial charge on any atom is -0.480 e. The highest BCUT2D eigenvalue weighted by molar-refractivity contribution is 5.94. The molecule has 1 aliphatic rings. The summed E-state index contributed by atoms with van der Waals surface area (Å²) in [7, 11) is 0. The number of hydrogen-bond acceptors (Lipinski definition) is 7. The number of aliphatic carboxylic acids is 1. The van der Waals surface area contributed by atoms with Crippen LogP contribution in [-0.2, 0) is 24.0 Å². The van der Waals surface area contributed by atoms with E-state index in [1.807, 2.05) is 0 Å². The van der Waals surface area contributed by atoms with Gasteiger partial charge in [-0.25, -0.2) is 0 Å². The molecule has 32 heavy (non-hydrogen) atoms. The number of amides is 4. The van der Waals surface area contributed by atoms with Gasteiger partial charge in [0.15, 0.2) is 0 Å². The van der Waals surface area contributed by atoms with Crippen LogP contribution >= 0.6 is 0 Å². The highest BCUT2D eigenvalue weighted by Crippen LogP contribution is 2.07. The molecular weight excluding hydrogens is 420 g/mol. The molecule has 1 rings (SSSR count). The van der Waals surface area contributed by atoms with Gasteiger partial charge >= 0.3 is 5.97 Å². The van der Waals surface area contributed by atoms with Gasteiger partial charge in [-0.1, -0.05) is 13.8 Å². The van der Waals surface area contributed by atoms with E-state index >= 15 is 0 Å². The Balaban J connectivity index is 2.66. The van der Waals surface area contributed by atoms with Crippen LogP contribution in [0.5, 0.6) is 0 Å². The lowest BCUT2D eigenvalue weighted by molar-refractivity contribution is -0.138. The van der Waals surface area contributed by atoms with Crippen LogP contribution in [0.25, 0.3) is 0 Å². The van der Waals surface area contributed by atoms with Crippen LogP contribution in [0, 0.1) is 5.92 Å². The number of unbranched alkanes of at least 4 members (excludes halogenated alkanes) is 1. The maximum Gasteiger partial charge on any atom is 0.322 e. The molecule has 0 aromatic heterocycles. The van der Waals surface area contributed by atoms with Crippen LogP contribution < -0.4 is 32.3 Å². The molecule has 3 atom stereocenters. The van der Waals surface area contributed by atoms with E-state index in [0.717, 1.165) is 13.0 Å². The van der Waals surface area contributed by atoms with E-state index in [2.05, 4.69) is 26.6 Å². The van der Waals surface area contributed by atoms with E-state index in [-0.39, 0.29) is 30.8 Å². The molecule has 12 nitrogen and oxygen atoms in total. The third kappa shape index (κ3) is 10.1. The van der Waals surface area contributed by atoms with E-state index in [4.69, 9.17) is 10.8 Å². The number of carboxylic acid groups (broad SMARTS) is 1. The Labute approximate surface area is 187 Å². The largest absolute Gasteiger partial charge is 0.480 e. The fourth-order valence-electron chi connectivity index (χ4n) is 3.27. The number of nitrogens with one attached hydrogen (secondary N) is 5. The van der Waals surface area contributed by atoms with Crippen molar-refractivity contribution in [3.8, 4) is 0 Å². The van der Waals surface area contributed by atoms with Crippen LogP contribution in [0.2, 0.25) is 0 Å². The molecule has 0 radical (unpaired) electrons. The van der Waals surface area contributed by atoms with Crippen molar-refractivity contribution in [1.82, 2.24) is 26.6 Å². The van der Waals surface area contributed by atoms with Crippen molar-refractivity contribution in [3.05, 3.63) is 0 Å². The number of carbonyl (C=O) groups excluding carboxylic acids is 4. The highest BCUT2D eigenvalue weighted by atomic mass is 16.4. The van der Waals surface area contributed by atoms with Gasteiger partial charge < -0.3 is 37.4 Å². The molecule has 12 heteroatoms. The molecule has 0 aliphatic carbocycles. The smallest absolute Gasteiger partial charge is 0.322 e. The quantitative estimate of drug-likeness (QED) is 0.143. The maximum atomic E-state index is 12.8. The van der Waals surface area contributed by atoms with Crippen molar-refractivity contribution in [2.45, 2.75) is 64.1 Å². The van der Waals surface area contributed by atoms with Crippen LogP contribution in [0.3, 0.4) is 0 Å². The zero-order valence-electron chi connectivity index (χ0n) is 18.7. The zero-order valence-corrected chi connectivity index (χ0v) is 18.7. The predicted octanol–water partition coefficient (Wildman–Crippen LogP) is -2.19. The van der Waals surface area contributed by atoms with Gasteiger partial charge in [-0.15, -0.1) is 0 Å². The lowest BCUT2D eigenvalue weighted by Gasteiger charge is -2.25.